The van der Waals surface area contributed by atoms with Crippen LogP contribution in [0.15, 0.2) is 53.5 Å². The zero-order valence-electron chi connectivity index (χ0n) is 16.7. The number of nitrogens with zero attached hydrogens (tertiary/aromatic N) is 2. The highest BCUT2D eigenvalue weighted by Gasteiger charge is 2.19. The van der Waals surface area contributed by atoms with Gasteiger partial charge in [-0.1, -0.05) is 24.1 Å². The first-order chi connectivity index (χ1) is 13.2. The minimum absolute atomic E-state index is 0. The molecule has 0 saturated heterocycles. The van der Waals surface area contributed by atoms with Gasteiger partial charge in [-0.3, -0.25) is 9.79 Å². The molecule has 2 aromatic carbocycles. The molecule has 0 bridgehead atoms. The van der Waals surface area contributed by atoms with E-state index in [0.717, 1.165) is 43.1 Å². The average molecular weight is 445 g/mol. The predicted molar refractivity (Wildman–Crippen MR) is 122 cm³/mol. The summed E-state index contributed by atoms with van der Waals surface area (Å²) < 4.78 is 5.47. The number of anilines is 1. The molecule has 150 valence electrons. The second kappa shape index (κ2) is 11.0. The molecule has 0 N–H and O–H groups in total. The molecule has 1 aliphatic heterocycles. The Morgan fingerprint density at radius 3 is 2.43 bits per heavy atom. The van der Waals surface area contributed by atoms with Crippen molar-refractivity contribution in [3.63, 3.8) is 0 Å². The molecule has 0 amide bonds. The second-order valence-electron chi connectivity index (χ2n) is 6.91. The van der Waals surface area contributed by atoms with Crippen molar-refractivity contribution >= 4 is 34.3 Å². The molecule has 0 radical (unpaired) electrons. The molecular weight excluding hydrogens is 416 g/mol. The molecule has 0 spiro atoms. The minimum Gasteiger partial charge on any atom is -0.494 e. The Bertz CT molecular complexity index is 785. The highest BCUT2D eigenvalue weighted by atomic mass is 79.9. The fourth-order valence-corrected chi connectivity index (χ4v) is 3.27. The number of carbonyl (C=O) groups excluding carboxylic acids is 1. The number of benzene rings is 2. The van der Waals surface area contributed by atoms with Crippen LogP contribution in [-0.4, -0.2) is 31.3 Å². The Hall–Kier alpha value is -2.14. The molecule has 5 heteroatoms. The number of ether oxygens (including phenoxy) is 1. The van der Waals surface area contributed by atoms with Gasteiger partial charge >= 0.3 is 0 Å². The molecule has 0 aromatic heterocycles. The summed E-state index contributed by atoms with van der Waals surface area (Å²) in [6, 6.07) is 15.7. The van der Waals surface area contributed by atoms with E-state index in [0.29, 0.717) is 18.7 Å². The Morgan fingerprint density at radius 2 is 1.75 bits per heavy atom. The molecule has 0 unspecified atom stereocenters. The van der Waals surface area contributed by atoms with Crippen LogP contribution in [0.3, 0.4) is 0 Å². The van der Waals surface area contributed by atoms with E-state index in [4.69, 9.17) is 9.73 Å². The first-order valence-electron chi connectivity index (χ1n) is 9.81. The molecule has 1 aliphatic rings. The summed E-state index contributed by atoms with van der Waals surface area (Å²) in [5.41, 5.74) is 2.93. The molecule has 1 heterocycles. The Kier molecular flexibility index (Phi) is 8.71. The van der Waals surface area contributed by atoms with E-state index in [-0.39, 0.29) is 22.8 Å². The van der Waals surface area contributed by atoms with Crippen LogP contribution in [0.1, 0.15) is 48.5 Å². The van der Waals surface area contributed by atoms with Gasteiger partial charge in [0.1, 0.15) is 11.6 Å². The topological polar surface area (TPSA) is 41.9 Å². The molecule has 3 rings (SSSR count). The van der Waals surface area contributed by atoms with Gasteiger partial charge in [0.05, 0.1) is 13.2 Å². The number of aryl methyl sites for hydroxylation is 1. The molecule has 0 saturated carbocycles. The van der Waals surface area contributed by atoms with E-state index in [2.05, 4.69) is 36.1 Å². The summed E-state index contributed by atoms with van der Waals surface area (Å²) in [7, 11) is 0. The van der Waals surface area contributed by atoms with Crippen molar-refractivity contribution in [3.05, 3.63) is 59.7 Å². The summed E-state index contributed by atoms with van der Waals surface area (Å²) in [5.74, 6) is 1.90. The minimum atomic E-state index is 0. The number of carbonyl (C=O) groups is 1. The number of hydrogen-bond acceptors (Lipinski definition) is 4. The fourth-order valence-electron chi connectivity index (χ4n) is 3.27. The number of rotatable bonds is 6. The van der Waals surface area contributed by atoms with E-state index >= 15 is 0 Å². The van der Waals surface area contributed by atoms with Crippen LogP contribution in [0.5, 0.6) is 5.75 Å². The maximum atomic E-state index is 13.0. The van der Waals surface area contributed by atoms with Crippen LogP contribution in [0.25, 0.3) is 0 Å². The number of halogens is 1. The lowest BCUT2D eigenvalue weighted by Gasteiger charge is -2.26. The molecule has 0 aliphatic carbocycles. The van der Waals surface area contributed by atoms with Gasteiger partial charge < -0.3 is 9.64 Å². The molecule has 0 fully saturated rings. The highest BCUT2D eigenvalue weighted by Crippen LogP contribution is 2.21. The first-order valence-corrected chi connectivity index (χ1v) is 9.81. The second-order valence-corrected chi connectivity index (χ2v) is 6.91. The average Bonchev–Trinajstić information content (AvgIpc) is 2.97. The zero-order chi connectivity index (χ0) is 19.1. The lowest BCUT2D eigenvalue weighted by Crippen LogP contribution is -2.36. The standard InChI is InChI=1S/C23H28N2O2.BrH/c1-3-27-21-14-10-19(11-15-21)22(26)17-25(20-12-8-18(2)9-13-20)23-7-5-4-6-16-24-23;/h8-15H,3-7,16-17H2,1-2H3;1H. The van der Waals surface area contributed by atoms with Crippen molar-refractivity contribution in [1.82, 2.24) is 0 Å². The third-order valence-corrected chi connectivity index (χ3v) is 4.80. The summed E-state index contributed by atoms with van der Waals surface area (Å²) in [6.07, 6.45) is 4.36. The van der Waals surface area contributed by atoms with E-state index in [1.807, 2.05) is 31.2 Å². The zero-order valence-corrected chi connectivity index (χ0v) is 18.4. The first kappa shape index (κ1) is 22.2. The van der Waals surface area contributed by atoms with Crippen LogP contribution in [-0.2, 0) is 0 Å². The van der Waals surface area contributed by atoms with E-state index in [1.165, 1.54) is 12.0 Å². The number of hydrogen-bond donors (Lipinski definition) is 0. The van der Waals surface area contributed by atoms with Crippen LogP contribution in [0, 0.1) is 6.92 Å². The number of Topliss-reactive ketones (excluding diaryl/α,β-unsaturated/α-hetero) is 1. The van der Waals surface area contributed by atoms with Gasteiger partial charge in [-0.05, 0) is 63.1 Å². The number of aliphatic imine (C=N–C) groups is 1. The maximum absolute atomic E-state index is 13.0. The monoisotopic (exact) mass is 444 g/mol. The highest BCUT2D eigenvalue weighted by molar-refractivity contribution is 8.93. The molecule has 4 nitrogen and oxygen atoms in total. The Labute approximate surface area is 178 Å². The van der Waals surface area contributed by atoms with E-state index in [1.54, 1.807) is 0 Å². The van der Waals surface area contributed by atoms with Gasteiger partial charge in [-0.2, -0.15) is 0 Å². The van der Waals surface area contributed by atoms with Crippen molar-refractivity contribution in [2.45, 2.75) is 39.5 Å². The Morgan fingerprint density at radius 1 is 1.04 bits per heavy atom. The van der Waals surface area contributed by atoms with Crippen LogP contribution in [0.2, 0.25) is 0 Å². The summed E-state index contributed by atoms with van der Waals surface area (Å²) in [4.78, 5) is 19.8. The molecule has 0 atom stereocenters. The van der Waals surface area contributed by atoms with Crippen molar-refractivity contribution in [1.29, 1.82) is 0 Å². The van der Waals surface area contributed by atoms with Crippen molar-refractivity contribution in [2.24, 2.45) is 4.99 Å². The quantitative estimate of drug-likeness (QED) is 0.541. The normalized spacial score (nSPS) is 13.7. The largest absolute Gasteiger partial charge is 0.494 e. The van der Waals surface area contributed by atoms with Crippen molar-refractivity contribution in [2.75, 3.05) is 24.6 Å². The number of ketones is 1. The van der Waals surface area contributed by atoms with Gasteiger partial charge in [-0.15, -0.1) is 17.0 Å². The molecular formula is C23H29BrN2O2. The predicted octanol–water partition coefficient (Wildman–Crippen LogP) is 5.63. The molecule has 28 heavy (non-hydrogen) atoms. The van der Waals surface area contributed by atoms with E-state index in [9.17, 15) is 4.79 Å². The van der Waals surface area contributed by atoms with Crippen molar-refractivity contribution in [3.8, 4) is 5.75 Å². The van der Waals surface area contributed by atoms with Gasteiger partial charge in [0, 0.05) is 24.2 Å². The lowest BCUT2D eigenvalue weighted by molar-refractivity contribution is 0.100. The molecule has 2 aromatic rings. The van der Waals surface area contributed by atoms with Crippen LogP contribution in [0.4, 0.5) is 5.69 Å². The van der Waals surface area contributed by atoms with Crippen LogP contribution >= 0.6 is 17.0 Å². The van der Waals surface area contributed by atoms with E-state index < -0.39 is 0 Å². The third-order valence-electron chi connectivity index (χ3n) is 4.80. The van der Waals surface area contributed by atoms with Gasteiger partial charge in [0.25, 0.3) is 0 Å². The summed E-state index contributed by atoms with van der Waals surface area (Å²) in [6.45, 7) is 5.79. The SMILES string of the molecule is Br.CCOc1ccc(C(=O)CN(C2=NCCCCC2)c2ccc(C)cc2)cc1. The summed E-state index contributed by atoms with van der Waals surface area (Å²) >= 11 is 0. The number of amidine groups is 1. The van der Waals surface area contributed by atoms with Crippen LogP contribution < -0.4 is 9.64 Å². The summed E-state index contributed by atoms with van der Waals surface area (Å²) in [5, 5.41) is 0. The fraction of sp³-hybridized carbons (Fsp3) is 0.391. The third kappa shape index (κ3) is 5.93. The lowest BCUT2D eigenvalue weighted by atomic mass is 10.1. The van der Waals surface area contributed by atoms with Gasteiger partial charge in [0.15, 0.2) is 5.78 Å². The Balaban J connectivity index is 0.00000280. The van der Waals surface area contributed by atoms with Gasteiger partial charge in [-0.25, -0.2) is 0 Å². The van der Waals surface area contributed by atoms with Gasteiger partial charge in [0.2, 0.25) is 0 Å². The smallest absolute Gasteiger partial charge is 0.182 e. The van der Waals surface area contributed by atoms with Crippen molar-refractivity contribution < 1.29 is 9.53 Å². The maximum Gasteiger partial charge on any atom is 0.182 e.